The first-order valence-corrected chi connectivity index (χ1v) is 5.21. The summed E-state index contributed by atoms with van der Waals surface area (Å²) in [6, 6.07) is 3.39. The second-order valence-electron chi connectivity index (χ2n) is 3.28. The predicted molar refractivity (Wildman–Crippen MR) is 57.6 cm³/mol. The van der Waals surface area contributed by atoms with Crippen LogP contribution in [0.4, 0.5) is 4.79 Å². The van der Waals surface area contributed by atoms with Gasteiger partial charge in [-0.1, -0.05) is 17.7 Å². The molecule has 1 fully saturated rings. The van der Waals surface area contributed by atoms with E-state index in [4.69, 9.17) is 23.4 Å². The average Bonchev–Trinajstić information content (AvgIpc) is 2.53. The number of halogens is 2. The van der Waals surface area contributed by atoms with E-state index in [1.165, 1.54) is 4.42 Å². The first-order valence-electron chi connectivity index (χ1n) is 4.49. The van der Waals surface area contributed by atoms with Crippen LogP contribution in [0.1, 0.15) is 5.56 Å². The third-order valence-corrected chi connectivity index (χ3v) is 2.74. The summed E-state index contributed by atoms with van der Waals surface area (Å²) in [6.07, 6.45) is 1.66. The minimum Gasteiger partial charge on any atom is -0.317 e. The van der Waals surface area contributed by atoms with Gasteiger partial charge >= 0.3 is 6.03 Å². The van der Waals surface area contributed by atoms with Crippen LogP contribution in [0.5, 0.6) is 0 Å². The monoisotopic (exact) mass is 245 g/mol. The standard InChI is InChI=1S/C9H9Cl2N3O/c10-8-2-1-7(5-12-8)6-13-3-4-14(11)9(13)15/h1-2,5H,3-4,6H2. The van der Waals surface area contributed by atoms with Crippen molar-refractivity contribution in [1.29, 1.82) is 0 Å². The highest BCUT2D eigenvalue weighted by Gasteiger charge is 2.26. The molecule has 0 saturated carbocycles. The van der Waals surface area contributed by atoms with Gasteiger partial charge in [0.15, 0.2) is 0 Å². The van der Waals surface area contributed by atoms with Crippen molar-refractivity contribution >= 4 is 29.4 Å². The van der Waals surface area contributed by atoms with Gasteiger partial charge in [-0.05, 0) is 11.6 Å². The van der Waals surface area contributed by atoms with E-state index in [1.807, 2.05) is 6.07 Å². The largest absolute Gasteiger partial charge is 0.335 e. The fraction of sp³-hybridized carbons (Fsp3) is 0.333. The topological polar surface area (TPSA) is 36.4 Å². The summed E-state index contributed by atoms with van der Waals surface area (Å²) >= 11 is 11.3. The van der Waals surface area contributed by atoms with Gasteiger partial charge in [-0.15, -0.1) is 0 Å². The van der Waals surface area contributed by atoms with Crippen LogP contribution in [0.25, 0.3) is 0 Å². The summed E-state index contributed by atoms with van der Waals surface area (Å²) in [5.41, 5.74) is 0.944. The number of carbonyl (C=O) groups is 1. The van der Waals surface area contributed by atoms with Gasteiger partial charge in [-0.3, -0.25) is 0 Å². The molecule has 80 valence electrons. The molecule has 2 heterocycles. The summed E-state index contributed by atoms with van der Waals surface area (Å²) in [5, 5.41) is 0.450. The first-order chi connectivity index (χ1) is 7.16. The fourth-order valence-electron chi connectivity index (χ4n) is 1.42. The van der Waals surface area contributed by atoms with Crippen LogP contribution in [0.3, 0.4) is 0 Å². The Kier molecular flexibility index (Phi) is 2.98. The molecule has 0 atom stereocenters. The van der Waals surface area contributed by atoms with E-state index in [1.54, 1.807) is 17.2 Å². The number of nitrogens with zero attached hydrogens (tertiary/aromatic N) is 3. The normalized spacial score (nSPS) is 16.3. The lowest BCUT2D eigenvalue weighted by atomic mass is 10.3. The number of amides is 2. The van der Waals surface area contributed by atoms with E-state index in [-0.39, 0.29) is 6.03 Å². The smallest absolute Gasteiger partial charge is 0.317 e. The van der Waals surface area contributed by atoms with Gasteiger partial charge in [0.1, 0.15) is 5.15 Å². The van der Waals surface area contributed by atoms with Crippen LogP contribution in [0, 0.1) is 0 Å². The molecule has 0 N–H and O–H groups in total. The summed E-state index contributed by atoms with van der Waals surface area (Å²) < 4.78 is 1.18. The Hall–Kier alpha value is -1.00. The maximum Gasteiger partial charge on any atom is 0.335 e. The SMILES string of the molecule is O=C1N(Cl)CCN1Cc1ccc(Cl)nc1. The summed E-state index contributed by atoms with van der Waals surface area (Å²) in [4.78, 5) is 17.1. The van der Waals surface area contributed by atoms with Crippen molar-refractivity contribution in [3.63, 3.8) is 0 Å². The molecule has 1 saturated heterocycles. The van der Waals surface area contributed by atoms with Gasteiger partial charge in [0.05, 0.1) is 6.54 Å². The average molecular weight is 246 g/mol. The number of hydrogen-bond acceptors (Lipinski definition) is 2. The molecule has 0 aromatic carbocycles. The zero-order valence-corrected chi connectivity index (χ0v) is 9.37. The third kappa shape index (κ3) is 2.33. The van der Waals surface area contributed by atoms with Crippen molar-refractivity contribution in [2.45, 2.75) is 6.54 Å². The fourth-order valence-corrected chi connectivity index (χ4v) is 1.71. The number of rotatable bonds is 2. The van der Waals surface area contributed by atoms with Crippen LogP contribution in [0.2, 0.25) is 5.15 Å². The molecule has 0 radical (unpaired) electrons. The predicted octanol–water partition coefficient (Wildman–Crippen LogP) is 2.13. The van der Waals surface area contributed by atoms with E-state index in [0.29, 0.717) is 24.8 Å². The molecule has 0 bridgehead atoms. The van der Waals surface area contributed by atoms with Crippen LogP contribution in [-0.4, -0.2) is 33.4 Å². The first kappa shape index (κ1) is 10.5. The van der Waals surface area contributed by atoms with E-state index in [9.17, 15) is 4.79 Å². The molecule has 4 nitrogen and oxygen atoms in total. The van der Waals surface area contributed by atoms with Crippen molar-refractivity contribution in [3.8, 4) is 0 Å². The summed E-state index contributed by atoms with van der Waals surface area (Å²) in [5.74, 6) is 0. The van der Waals surface area contributed by atoms with Crippen molar-refractivity contribution in [1.82, 2.24) is 14.3 Å². The second kappa shape index (κ2) is 4.24. The summed E-state index contributed by atoms with van der Waals surface area (Å²) in [7, 11) is 0. The molecule has 0 unspecified atom stereocenters. The highest BCUT2D eigenvalue weighted by Crippen LogP contribution is 2.15. The number of urea groups is 1. The van der Waals surface area contributed by atoms with Crippen LogP contribution < -0.4 is 0 Å². The van der Waals surface area contributed by atoms with Gasteiger partial charge in [0, 0.05) is 31.1 Å². The second-order valence-corrected chi connectivity index (χ2v) is 4.07. The highest BCUT2D eigenvalue weighted by atomic mass is 35.5. The molecule has 1 aliphatic heterocycles. The Morgan fingerprint density at radius 3 is 2.73 bits per heavy atom. The van der Waals surface area contributed by atoms with Gasteiger partial charge in [-0.2, -0.15) is 0 Å². The van der Waals surface area contributed by atoms with Crippen molar-refractivity contribution in [3.05, 3.63) is 29.0 Å². The lowest BCUT2D eigenvalue weighted by Gasteiger charge is -2.14. The molecule has 2 rings (SSSR count). The molecule has 1 aromatic heterocycles. The lowest BCUT2D eigenvalue weighted by Crippen LogP contribution is -2.26. The summed E-state index contributed by atoms with van der Waals surface area (Å²) in [6.45, 7) is 1.72. The maximum atomic E-state index is 11.5. The Morgan fingerprint density at radius 1 is 1.40 bits per heavy atom. The Bertz CT molecular complexity index is 368. The van der Waals surface area contributed by atoms with E-state index in [0.717, 1.165) is 5.56 Å². The molecule has 2 amide bonds. The van der Waals surface area contributed by atoms with Crippen molar-refractivity contribution < 1.29 is 4.79 Å². The van der Waals surface area contributed by atoms with Crippen LogP contribution >= 0.6 is 23.4 Å². The molecular weight excluding hydrogens is 237 g/mol. The number of hydrogen-bond donors (Lipinski definition) is 0. The molecule has 1 aromatic rings. The minimum absolute atomic E-state index is 0.161. The van der Waals surface area contributed by atoms with Gasteiger partial charge in [0.2, 0.25) is 0 Å². The maximum absolute atomic E-state index is 11.5. The number of aromatic nitrogens is 1. The Labute approximate surface area is 97.5 Å². The highest BCUT2D eigenvalue weighted by molar-refractivity contribution is 6.29. The van der Waals surface area contributed by atoms with E-state index in [2.05, 4.69) is 4.98 Å². The molecule has 0 spiro atoms. The van der Waals surface area contributed by atoms with E-state index < -0.39 is 0 Å². The van der Waals surface area contributed by atoms with E-state index >= 15 is 0 Å². The Morgan fingerprint density at radius 2 is 2.20 bits per heavy atom. The van der Waals surface area contributed by atoms with Crippen LogP contribution in [-0.2, 0) is 6.54 Å². The van der Waals surface area contributed by atoms with Crippen molar-refractivity contribution in [2.24, 2.45) is 0 Å². The molecular formula is C9H9Cl2N3O. The molecule has 1 aliphatic rings. The number of carbonyl (C=O) groups excluding carboxylic acids is 1. The van der Waals surface area contributed by atoms with Gasteiger partial charge in [0.25, 0.3) is 0 Å². The molecule has 0 aliphatic carbocycles. The number of pyridine rings is 1. The third-order valence-electron chi connectivity index (χ3n) is 2.21. The molecule has 6 heteroatoms. The van der Waals surface area contributed by atoms with Crippen molar-refractivity contribution in [2.75, 3.05) is 13.1 Å². The van der Waals surface area contributed by atoms with Gasteiger partial charge in [-0.25, -0.2) is 14.2 Å². The van der Waals surface area contributed by atoms with Gasteiger partial charge < -0.3 is 4.90 Å². The van der Waals surface area contributed by atoms with Crippen LogP contribution in [0.15, 0.2) is 18.3 Å². The zero-order chi connectivity index (χ0) is 10.8. The zero-order valence-electron chi connectivity index (χ0n) is 7.86. The minimum atomic E-state index is -0.161. The lowest BCUT2D eigenvalue weighted by molar-refractivity contribution is 0.205. The Balaban J connectivity index is 2.03. The quantitative estimate of drug-likeness (QED) is 0.592. The molecule has 15 heavy (non-hydrogen) atoms.